The molecule has 2 heterocycles. The Morgan fingerprint density at radius 3 is 1.71 bits per heavy atom. The van der Waals surface area contributed by atoms with E-state index in [0.717, 1.165) is 16.7 Å². The Hall–Kier alpha value is -4.41. The van der Waals surface area contributed by atoms with E-state index in [1.807, 2.05) is 72.0 Å². The molecule has 0 saturated carbocycles. The highest BCUT2D eigenvalue weighted by atomic mass is 32.1. The Morgan fingerprint density at radius 1 is 0.429 bits per heavy atom. The normalized spacial score (nSPS) is 11.4. The average molecular weight is 466 g/mol. The van der Waals surface area contributed by atoms with E-state index in [0.29, 0.717) is 17.5 Å². The molecule has 0 atom stereocenters. The van der Waals surface area contributed by atoms with E-state index in [2.05, 4.69) is 54.6 Å². The summed E-state index contributed by atoms with van der Waals surface area (Å²) in [7, 11) is 0. The van der Waals surface area contributed by atoms with Crippen LogP contribution in [0.5, 0.6) is 0 Å². The maximum absolute atomic E-state index is 4.89. The van der Waals surface area contributed by atoms with Crippen LogP contribution < -0.4 is 0 Å². The lowest BCUT2D eigenvalue weighted by Crippen LogP contribution is -2.00. The van der Waals surface area contributed by atoms with Gasteiger partial charge in [0.1, 0.15) is 0 Å². The average Bonchev–Trinajstić information content (AvgIpc) is 3.33. The standard InChI is InChI=1S/C31H19N3S/c1-3-9-20(10-4-1)29-32-30(21-11-5-2-6-12-21)34-31(33-29)23-15-17-24-22(19-23)16-18-27-28(24)25-13-7-8-14-26(25)35-27/h1-19H. The van der Waals surface area contributed by atoms with Gasteiger partial charge in [0.2, 0.25) is 0 Å². The first-order chi connectivity index (χ1) is 17.3. The molecule has 0 saturated heterocycles. The van der Waals surface area contributed by atoms with Crippen molar-refractivity contribution in [1.29, 1.82) is 0 Å². The zero-order valence-corrected chi connectivity index (χ0v) is 19.5. The Morgan fingerprint density at radius 2 is 1.03 bits per heavy atom. The molecule has 0 amide bonds. The second-order valence-corrected chi connectivity index (χ2v) is 9.59. The highest BCUT2D eigenvalue weighted by Gasteiger charge is 2.14. The largest absolute Gasteiger partial charge is 0.208 e. The molecule has 4 heteroatoms. The number of thiophene rings is 1. The summed E-state index contributed by atoms with van der Waals surface area (Å²) in [5.74, 6) is 2.03. The van der Waals surface area contributed by atoms with Crippen molar-refractivity contribution in [2.75, 3.05) is 0 Å². The van der Waals surface area contributed by atoms with Crippen molar-refractivity contribution < 1.29 is 0 Å². The highest BCUT2D eigenvalue weighted by molar-refractivity contribution is 7.26. The van der Waals surface area contributed by atoms with E-state index in [1.165, 1.54) is 30.9 Å². The smallest absolute Gasteiger partial charge is 0.164 e. The molecule has 5 aromatic carbocycles. The van der Waals surface area contributed by atoms with Crippen LogP contribution >= 0.6 is 11.3 Å². The summed E-state index contributed by atoms with van der Waals surface area (Å²) in [5, 5.41) is 5.06. The van der Waals surface area contributed by atoms with Crippen molar-refractivity contribution in [2.24, 2.45) is 0 Å². The van der Waals surface area contributed by atoms with E-state index in [9.17, 15) is 0 Å². The van der Waals surface area contributed by atoms with Crippen molar-refractivity contribution in [2.45, 2.75) is 0 Å². The van der Waals surface area contributed by atoms with Crippen LogP contribution in [0.4, 0.5) is 0 Å². The maximum Gasteiger partial charge on any atom is 0.164 e. The topological polar surface area (TPSA) is 38.7 Å². The molecule has 0 spiro atoms. The summed E-state index contributed by atoms with van der Waals surface area (Å²) >= 11 is 1.84. The molecule has 0 aliphatic carbocycles. The predicted molar refractivity (Wildman–Crippen MR) is 147 cm³/mol. The van der Waals surface area contributed by atoms with Crippen LogP contribution in [0.1, 0.15) is 0 Å². The van der Waals surface area contributed by atoms with Gasteiger partial charge in [0.25, 0.3) is 0 Å². The van der Waals surface area contributed by atoms with Crippen molar-refractivity contribution in [3.63, 3.8) is 0 Å². The van der Waals surface area contributed by atoms with Gasteiger partial charge in [0.15, 0.2) is 17.5 Å². The molecular formula is C31H19N3S. The lowest BCUT2D eigenvalue weighted by Gasteiger charge is -2.09. The molecule has 0 bridgehead atoms. The molecule has 164 valence electrons. The molecule has 3 nitrogen and oxygen atoms in total. The predicted octanol–water partition coefficient (Wildman–Crippen LogP) is 8.39. The summed E-state index contributed by atoms with van der Waals surface area (Å²) in [6.07, 6.45) is 0. The second-order valence-electron chi connectivity index (χ2n) is 8.51. The second kappa shape index (κ2) is 8.12. The third-order valence-corrected chi connectivity index (χ3v) is 7.45. The molecule has 0 N–H and O–H groups in total. The van der Waals surface area contributed by atoms with Gasteiger partial charge in [-0.05, 0) is 29.0 Å². The van der Waals surface area contributed by atoms with Crippen LogP contribution in [0, 0.1) is 0 Å². The molecule has 0 aliphatic heterocycles. The minimum atomic E-state index is 0.675. The summed E-state index contributed by atoms with van der Waals surface area (Å²) < 4.78 is 2.63. The van der Waals surface area contributed by atoms with Crippen LogP contribution in [0.25, 0.3) is 65.1 Å². The molecule has 2 aromatic heterocycles. The quantitative estimate of drug-likeness (QED) is 0.263. The van der Waals surface area contributed by atoms with E-state index in [1.54, 1.807) is 0 Å². The number of hydrogen-bond donors (Lipinski definition) is 0. The van der Waals surface area contributed by atoms with Crippen molar-refractivity contribution in [1.82, 2.24) is 15.0 Å². The number of fused-ring (bicyclic) bond motifs is 5. The van der Waals surface area contributed by atoms with Gasteiger partial charge < -0.3 is 0 Å². The van der Waals surface area contributed by atoms with Crippen LogP contribution in [0.2, 0.25) is 0 Å². The fourth-order valence-electron chi connectivity index (χ4n) is 4.63. The zero-order chi connectivity index (χ0) is 23.2. The van der Waals surface area contributed by atoms with Gasteiger partial charge in [-0.1, -0.05) is 97.1 Å². The molecule has 7 rings (SSSR count). The monoisotopic (exact) mass is 465 g/mol. The molecule has 0 aliphatic rings. The maximum atomic E-state index is 4.89. The van der Waals surface area contributed by atoms with Gasteiger partial charge in [0.05, 0.1) is 0 Å². The first kappa shape index (κ1) is 20.0. The Labute approximate surface area is 206 Å². The van der Waals surface area contributed by atoms with E-state index >= 15 is 0 Å². The number of nitrogens with zero attached hydrogens (tertiary/aromatic N) is 3. The summed E-state index contributed by atoms with van der Waals surface area (Å²) in [6, 6.07) is 39.8. The summed E-state index contributed by atoms with van der Waals surface area (Å²) in [6.45, 7) is 0. The Kier molecular flexibility index (Phi) is 4.64. The number of aromatic nitrogens is 3. The van der Waals surface area contributed by atoms with Crippen LogP contribution in [0.15, 0.2) is 115 Å². The van der Waals surface area contributed by atoms with Gasteiger partial charge >= 0.3 is 0 Å². The molecule has 0 fully saturated rings. The fourth-order valence-corrected chi connectivity index (χ4v) is 5.75. The molecule has 0 radical (unpaired) electrons. The summed E-state index contributed by atoms with van der Waals surface area (Å²) in [4.78, 5) is 14.6. The van der Waals surface area contributed by atoms with Gasteiger partial charge in [-0.15, -0.1) is 11.3 Å². The van der Waals surface area contributed by atoms with Crippen LogP contribution in [-0.2, 0) is 0 Å². The third-order valence-electron chi connectivity index (χ3n) is 6.32. The summed E-state index contributed by atoms with van der Waals surface area (Å²) in [5.41, 5.74) is 2.93. The molecular weight excluding hydrogens is 446 g/mol. The Bertz CT molecular complexity index is 1780. The first-order valence-electron chi connectivity index (χ1n) is 11.5. The SMILES string of the molecule is c1ccc(-c2nc(-c3ccccc3)nc(-c3ccc4c(ccc5sc6ccccc6c54)c3)n2)cc1. The van der Waals surface area contributed by atoms with Crippen molar-refractivity contribution in [3.05, 3.63) is 115 Å². The molecule has 35 heavy (non-hydrogen) atoms. The zero-order valence-electron chi connectivity index (χ0n) is 18.7. The van der Waals surface area contributed by atoms with E-state index < -0.39 is 0 Å². The fraction of sp³-hybridized carbons (Fsp3) is 0. The minimum Gasteiger partial charge on any atom is -0.208 e. The van der Waals surface area contributed by atoms with Gasteiger partial charge in [-0.3, -0.25) is 0 Å². The van der Waals surface area contributed by atoms with E-state index in [-0.39, 0.29) is 0 Å². The third kappa shape index (κ3) is 3.47. The number of hydrogen-bond acceptors (Lipinski definition) is 4. The van der Waals surface area contributed by atoms with Crippen LogP contribution in [0.3, 0.4) is 0 Å². The van der Waals surface area contributed by atoms with Gasteiger partial charge in [-0.25, -0.2) is 15.0 Å². The molecule has 7 aromatic rings. The van der Waals surface area contributed by atoms with Gasteiger partial charge in [-0.2, -0.15) is 0 Å². The van der Waals surface area contributed by atoms with Crippen LogP contribution in [-0.4, -0.2) is 15.0 Å². The number of benzene rings is 5. The van der Waals surface area contributed by atoms with Crippen molar-refractivity contribution in [3.8, 4) is 34.2 Å². The highest BCUT2D eigenvalue weighted by Crippen LogP contribution is 2.39. The Balaban J connectivity index is 1.44. The minimum absolute atomic E-state index is 0.675. The van der Waals surface area contributed by atoms with Gasteiger partial charge in [0, 0.05) is 36.9 Å². The lowest BCUT2D eigenvalue weighted by molar-refractivity contribution is 1.07. The van der Waals surface area contributed by atoms with Crippen molar-refractivity contribution >= 4 is 42.3 Å². The first-order valence-corrected chi connectivity index (χ1v) is 12.4. The lowest BCUT2D eigenvalue weighted by atomic mass is 10.0. The molecule has 0 unspecified atom stereocenters. The number of rotatable bonds is 3. The van der Waals surface area contributed by atoms with E-state index in [4.69, 9.17) is 15.0 Å².